The summed E-state index contributed by atoms with van der Waals surface area (Å²) in [5, 5.41) is 0. The molecular weight excluding hydrogens is 184 g/mol. The van der Waals surface area contributed by atoms with Crippen LogP contribution in [0.3, 0.4) is 0 Å². The van der Waals surface area contributed by atoms with Gasteiger partial charge in [-0.25, -0.2) is 0 Å². The van der Waals surface area contributed by atoms with Crippen molar-refractivity contribution >= 4 is 0 Å². The molecule has 0 radical (unpaired) electrons. The molecule has 0 aliphatic carbocycles. The lowest BCUT2D eigenvalue weighted by Gasteiger charge is -2.17. The molecule has 0 rings (SSSR count). The standard InChI is InChI=1S/C14H28O/c1-5-6-7-8-9-10-11-12-13-15-14(2,3)4/h11-12H,5-10,13H2,1-4H3. The fraction of sp³-hybridized carbons (Fsp3) is 0.857. The molecule has 0 saturated heterocycles. The molecular formula is C14H28O. The van der Waals surface area contributed by atoms with Gasteiger partial charge in [-0.05, 0) is 33.6 Å². The van der Waals surface area contributed by atoms with E-state index in [9.17, 15) is 0 Å². The maximum atomic E-state index is 5.59. The zero-order valence-corrected chi connectivity index (χ0v) is 11.0. The van der Waals surface area contributed by atoms with E-state index in [-0.39, 0.29) is 5.60 Å². The van der Waals surface area contributed by atoms with E-state index in [4.69, 9.17) is 4.74 Å². The highest BCUT2D eigenvalue weighted by Gasteiger charge is 2.07. The van der Waals surface area contributed by atoms with Gasteiger partial charge in [0.05, 0.1) is 12.2 Å². The average Bonchev–Trinajstić information content (AvgIpc) is 2.14. The van der Waals surface area contributed by atoms with Crippen molar-refractivity contribution in [2.45, 2.75) is 71.8 Å². The van der Waals surface area contributed by atoms with Crippen molar-refractivity contribution in [2.75, 3.05) is 6.61 Å². The molecule has 0 aromatic carbocycles. The van der Waals surface area contributed by atoms with Gasteiger partial charge < -0.3 is 4.74 Å². The lowest BCUT2D eigenvalue weighted by atomic mass is 10.1. The number of allylic oxidation sites excluding steroid dienone is 1. The summed E-state index contributed by atoms with van der Waals surface area (Å²) in [6, 6.07) is 0. The Bertz CT molecular complexity index is 153. The predicted molar refractivity (Wildman–Crippen MR) is 68.2 cm³/mol. The summed E-state index contributed by atoms with van der Waals surface area (Å²) in [4.78, 5) is 0. The number of ether oxygens (including phenoxy) is 1. The second-order valence-electron chi connectivity index (χ2n) is 5.10. The third-order valence-electron chi connectivity index (χ3n) is 2.25. The Morgan fingerprint density at radius 3 is 2.20 bits per heavy atom. The van der Waals surface area contributed by atoms with Gasteiger partial charge in [0.1, 0.15) is 0 Å². The molecule has 0 aliphatic heterocycles. The molecule has 0 spiro atoms. The Hall–Kier alpha value is -0.300. The SMILES string of the molecule is CCCCCCCC=CCOC(C)(C)C. The van der Waals surface area contributed by atoms with Gasteiger partial charge in [0, 0.05) is 0 Å². The summed E-state index contributed by atoms with van der Waals surface area (Å²) in [6.45, 7) is 9.27. The van der Waals surface area contributed by atoms with Crippen LogP contribution in [0.25, 0.3) is 0 Å². The van der Waals surface area contributed by atoms with Crippen molar-refractivity contribution in [3.8, 4) is 0 Å². The predicted octanol–water partition coefficient (Wildman–Crippen LogP) is 4.72. The molecule has 90 valence electrons. The van der Waals surface area contributed by atoms with Crippen molar-refractivity contribution < 1.29 is 4.74 Å². The molecule has 0 heterocycles. The van der Waals surface area contributed by atoms with Crippen LogP contribution in [-0.4, -0.2) is 12.2 Å². The summed E-state index contributed by atoms with van der Waals surface area (Å²) in [7, 11) is 0. The van der Waals surface area contributed by atoms with Gasteiger partial charge in [0.25, 0.3) is 0 Å². The van der Waals surface area contributed by atoms with Gasteiger partial charge >= 0.3 is 0 Å². The molecule has 0 saturated carbocycles. The lowest BCUT2D eigenvalue weighted by Crippen LogP contribution is -2.18. The van der Waals surface area contributed by atoms with Crippen LogP contribution in [0.1, 0.15) is 66.2 Å². The van der Waals surface area contributed by atoms with Crippen LogP contribution in [0.2, 0.25) is 0 Å². The van der Waals surface area contributed by atoms with Crippen molar-refractivity contribution in [1.29, 1.82) is 0 Å². The van der Waals surface area contributed by atoms with E-state index in [2.05, 4.69) is 39.8 Å². The van der Waals surface area contributed by atoms with E-state index < -0.39 is 0 Å². The van der Waals surface area contributed by atoms with Crippen LogP contribution in [0, 0.1) is 0 Å². The average molecular weight is 212 g/mol. The maximum Gasteiger partial charge on any atom is 0.0654 e. The first-order valence-corrected chi connectivity index (χ1v) is 6.35. The highest BCUT2D eigenvalue weighted by atomic mass is 16.5. The van der Waals surface area contributed by atoms with E-state index in [1.807, 2.05) is 0 Å². The Labute approximate surface area is 95.9 Å². The summed E-state index contributed by atoms with van der Waals surface area (Å²) in [5.41, 5.74) is -0.00847. The van der Waals surface area contributed by atoms with E-state index in [0.29, 0.717) is 0 Å². The van der Waals surface area contributed by atoms with Crippen LogP contribution in [0.5, 0.6) is 0 Å². The molecule has 0 amide bonds. The summed E-state index contributed by atoms with van der Waals surface area (Å²) < 4.78 is 5.59. The van der Waals surface area contributed by atoms with Gasteiger partial charge in [-0.2, -0.15) is 0 Å². The minimum absolute atomic E-state index is 0.00847. The normalized spacial score (nSPS) is 12.5. The fourth-order valence-corrected chi connectivity index (χ4v) is 1.35. The number of hydrogen-bond donors (Lipinski definition) is 0. The number of unbranched alkanes of at least 4 members (excludes halogenated alkanes) is 5. The van der Waals surface area contributed by atoms with Gasteiger partial charge in [0.2, 0.25) is 0 Å². The molecule has 1 nitrogen and oxygen atoms in total. The number of hydrogen-bond acceptors (Lipinski definition) is 1. The molecule has 0 atom stereocenters. The molecule has 0 unspecified atom stereocenters. The van der Waals surface area contributed by atoms with Gasteiger partial charge in [-0.1, -0.05) is 44.8 Å². The topological polar surface area (TPSA) is 9.23 Å². The Balaban J connectivity index is 3.18. The molecule has 0 aliphatic rings. The highest BCUT2D eigenvalue weighted by Crippen LogP contribution is 2.07. The first-order chi connectivity index (χ1) is 7.06. The van der Waals surface area contributed by atoms with Gasteiger partial charge in [0.15, 0.2) is 0 Å². The molecule has 0 aromatic rings. The van der Waals surface area contributed by atoms with Crippen molar-refractivity contribution in [1.82, 2.24) is 0 Å². The maximum absolute atomic E-state index is 5.59. The van der Waals surface area contributed by atoms with Crippen molar-refractivity contribution in [2.24, 2.45) is 0 Å². The molecule has 1 heteroatoms. The van der Waals surface area contributed by atoms with Crippen LogP contribution in [0.15, 0.2) is 12.2 Å². The number of rotatable bonds is 8. The van der Waals surface area contributed by atoms with Crippen molar-refractivity contribution in [3.05, 3.63) is 12.2 Å². The second-order valence-corrected chi connectivity index (χ2v) is 5.10. The lowest BCUT2D eigenvalue weighted by molar-refractivity contribution is 0.0149. The van der Waals surface area contributed by atoms with E-state index >= 15 is 0 Å². The Kier molecular flexibility index (Phi) is 8.79. The van der Waals surface area contributed by atoms with E-state index in [0.717, 1.165) is 6.61 Å². The Morgan fingerprint density at radius 1 is 0.933 bits per heavy atom. The third-order valence-corrected chi connectivity index (χ3v) is 2.25. The first kappa shape index (κ1) is 14.7. The molecule has 0 N–H and O–H groups in total. The molecule has 0 fully saturated rings. The third kappa shape index (κ3) is 13.7. The highest BCUT2D eigenvalue weighted by molar-refractivity contribution is 4.82. The van der Waals surface area contributed by atoms with Crippen LogP contribution < -0.4 is 0 Å². The van der Waals surface area contributed by atoms with Crippen LogP contribution in [-0.2, 0) is 4.74 Å². The van der Waals surface area contributed by atoms with Crippen molar-refractivity contribution in [3.63, 3.8) is 0 Å². The molecule has 15 heavy (non-hydrogen) atoms. The summed E-state index contributed by atoms with van der Waals surface area (Å²) >= 11 is 0. The van der Waals surface area contributed by atoms with Gasteiger partial charge in [-0.15, -0.1) is 0 Å². The minimum Gasteiger partial charge on any atom is -0.372 e. The Morgan fingerprint density at radius 2 is 1.60 bits per heavy atom. The fourth-order valence-electron chi connectivity index (χ4n) is 1.35. The first-order valence-electron chi connectivity index (χ1n) is 6.35. The monoisotopic (exact) mass is 212 g/mol. The molecule has 0 aromatic heterocycles. The minimum atomic E-state index is -0.00847. The zero-order chi connectivity index (χ0) is 11.6. The van der Waals surface area contributed by atoms with Crippen LogP contribution in [0.4, 0.5) is 0 Å². The van der Waals surface area contributed by atoms with E-state index in [1.54, 1.807) is 0 Å². The smallest absolute Gasteiger partial charge is 0.0654 e. The van der Waals surface area contributed by atoms with Gasteiger partial charge in [-0.3, -0.25) is 0 Å². The van der Waals surface area contributed by atoms with Crippen LogP contribution >= 0.6 is 0 Å². The zero-order valence-electron chi connectivity index (χ0n) is 11.0. The quantitative estimate of drug-likeness (QED) is 0.418. The summed E-state index contributed by atoms with van der Waals surface area (Å²) in [6.07, 6.45) is 12.4. The second kappa shape index (κ2) is 8.96. The summed E-state index contributed by atoms with van der Waals surface area (Å²) in [5.74, 6) is 0. The molecule has 0 bridgehead atoms. The van der Waals surface area contributed by atoms with E-state index in [1.165, 1.54) is 38.5 Å². The largest absolute Gasteiger partial charge is 0.372 e.